The van der Waals surface area contributed by atoms with Gasteiger partial charge >= 0.3 is 12.0 Å². The Balaban J connectivity index is 1.92. The molecule has 2 rings (SSSR count). The lowest BCUT2D eigenvalue weighted by molar-refractivity contribution is -0.139. The van der Waals surface area contributed by atoms with Gasteiger partial charge in [-0.15, -0.1) is 11.3 Å². The smallest absolute Gasteiger partial charge is 0.318 e. The normalized spacial score (nSPS) is 18.9. The van der Waals surface area contributed by atoms with Crippen LogP contribution in [0.1, 0.15) is 17.0 Å². The van der Waals surface area contributed by atoms with E-state index >= 15 is 0 Å². The monoisotopic (exact) mass is 299 g/mol. The molecule has 1 saturated heterocycles. The van der Waals surface area contributed by atoms with Crippen LogP contribution in [0.15, 0.2) is 5.51 Å². The van der Waals surface area contributed by atoms with E-state index in [4.69, 9.17) is 9.84 Å². The number of nitrogens with zero attached hydrogens (tertiary/aromatic N) is 2. The number of nitrogens with one attached hydrogen (secondary N) is 1. The van der Waals surface area contributed by atoms with Crippen molar-refractivity contribution in [3.05, 3.63) is 16.1 Å². The van der Waals surface area contributed by atoms with Crippen molar-refractivity contribution in [2.75, 3.05) is 19.8 Å². The molecule has 110 valence electrons. The lowest BCUT2D eigenvalue weighted by Crippen LogP contribution is -2.53. The first-order valence-corrected chi connectivity index (χ1v) is 7.19. The number of ether oxygens (including phenoxy) is 1. The predicted octanol–water partition coefficient (Wildman–Crippen LogP) is 0.837. The molecule has 1 aromatic heterocycles. The van der Waals surface area contributed by atoms with Gasteiger partial charge in [0.25, 0.3) is 0 Å². The molecule has 1 unspecified atom stereocenters. The highest BCUT2D eigenvalue weighted by molar-refractivity contribution is 7.09. The molecule has 7 nitrogen and oxygen atoms in total. The van der Waals surface area contributed by atoms with Gasteiger partial charge in [0.1, 0.15) is 0 Å². The summed E-state index contributed by atoms with van der Waals surface area (Å²) in [7, 11) is 0. The van der Waals surface area contributed by atoms with Gasteiger partial charge in [-0.25, -0.2) is 9.78 Å². The van der Waals surface area contributed by atoms with Gasteiger partial charge in [-0.1, -0.05) is 0 Å². The van der Waals surface area contributed by atoms with Crippen molar-refractivity contribution in [3.8, 4) is 0 Å². The van der Waals surface area contributed by atoms with Crippen molar-refractivity contribution < 1.29 is 19.4 Å². The summed E-state index contributed by atoms with van der Waals surface area (Å²) < 4.78 is 5.24. The molecule has 2 heterocycles. The Morgan fingerprint density at radius 2 is 2.45 bits per heavy atom. The molecule has 0 spiro atoms. The fourth-order valence-corrected chi connectivity index (χ4v) is 2.76. The summed E-state index contributed by atoms with van der Waals surface area (Å²) in [5.41, 5.74) is 2.64. The van der Waals surface area contributed by atoms with Crippen LogP contribution in [0.3, 0.4) is 0 Å². The molecule has 0 radical (unpaired) electrons. The Labute approximate surface area is 120 Å². The number of morpholine rings is 1. The second kappa shape index (κ2) is 6.67. The van der Waals surface area contributed by atoms with E-state index in [0.717, 1.165) is 10.6 Å². The number of rotatable bonds is 4. The summed E-state index contributed by atoms with van der Waals surface area (Å²) in [5, 5.41) is 11.7. The maximum atomic E-state index is 12.1. The van der Waals surface area contributed by atoms with E-state index in [2.05, 4.69) is 10.3 Å². The highest BCUT2D eigenvalue weighted by atomic mass is 32.1. The van der Waals surface area contributed by atoms with E-state index in [0.29, 0.717) is 19.7 Å². The Morgan fingerprint density at radius 1 is 1.65 bits per heavy atom. The van der Waals surface area contributed by atoms with Crippen LogP contribution >= 0.6 is 11.3 Å². The average Bonchev–Trinajstić information content (AvgIpc) is 2.81. The summed E-state index contributed by atoms with van der Waals surface area (Å²) in [6.07, 6.45) is -0.104. The lowest BCUT2D eigenvalue weighted by atomic mass is 10.1. The third-order valence-corrected chi connectivity index (χ3v) is 4.08. The summed E-state index contributed by atoms with van der Waals surface area (Å²) in [6, 6.07) is -0.670. The fourth-order valence-electron chi connectivity index (χ4n) is 2.05. The number of carbonyl (C=O) groups is 2. The summed E-state index contributed by atoms with van der Waals surface area (Å²) in [4.78, 5) is 29.6. The van der Waals surface area contributed by atoms with E-state index < -0.39 is 12.0 Å². The van der Waals surface area contributed by atoms with E-state index in [1.165, 1.54) is 16.2 Å². The predicted molar refractivity (Wildman–Crippen MR) is 72.7 cm³/mol. The number of hydrogen-bond acceptors (Lipinski definition) is 5. The van der Waals surface area contributed by atoms with E-state index in [9.17, 15) is 9.59 Å². The van der Waals surface area contributed by atoms with E-state index in [1.807, 2.05) is 6.92 Å². The zero-order valence-corrected chi connectivity index (χ0v) is 12.0. The third kappa shape index (κ3) is 3.67. The van der Waals surface area contributed by atoms with Crippen LogP contribution in [0.25, 0.3) is 0 Å². The minimum atomic E-state index is -0.934. The number of amides is 2. The molecule has 1 aliphatic rings. The zero-order valence-electron chi connectivity index (χ0n) is 11.2. The second-order valence-electron chi connectivity index (χ2n) is 4.54. The fraction of sp³-hybridized carbons (Fsp3) is 0.583. The van der Waals surface area contributed by atoms with Crippen molar-refractivity contribution in [1.82, 2.24) is 15.2 Å². The van der Waals surface area contributed by atoms with Crippen LogP contribution in [0.5, 0.6) is 0 Å². The first-order valence-electron chi connectivity index (χ1n) is 6.31. The SMILES string of the molecule is Cc1ncsc1CNC(=O)N1CCOCC1CC(=O)O. The number of thiazole rings is 1. The molecule has 2 amide bonds. The number of carbonyl (C=O) groups excluding carboxylic acids is 1. The number of carboxylic acid groups (broad SMARTS) is 1. The van der Waals surface area contributed by atoms with Crippen LogP contribution in [-0.2, 0) is 16.1 Å². The van der Waals surface area contributed by atoms with Gasteiger partial charge in [0.05, 0.1) is 43.4 Å². The topological polar surface area (TPSA) is 91.8 Å². The molecule has 1 atom stereocenters. The van der Waals surface area contributed by atoms with Crippen molar-refractivity contribution in [3.63, 3.8) is 0 Å². The minimum absolute atomic E-state index is 0.104. The molecule has 2 N–H and O–H groups in total. The van der Waals surface area contributed by atoms with Crippen LogP contribution in [0, 0.1) is 6.92 Å². The lowest BCUT2D eigenvalue weighted by Gasteiger charge is -2.34. The third-order valence-electron chi connectivity index (χ3n) is 3.14. The van der Waals surface area contributed by atoms with Gasteiger partial charge in [-0.3, -0.25) is 4.79 Å². The first-order chi connectivity index (χ1) is 9.58. The molecular formula is C12H17N3O4S. The van der Waals surface area contributed by atoms with Gasteiger partial charge in [0, 0.05) is 11.4 Å². The maximum Gasteiger partial charge on any atom is 0.318 e. The average molecular weight is 299 g/mol. The van der Waals surface area contributed by atoms with Gasteiger partial charge in [-0.05, 0) is 6.92 Å². The molecule has 8 heteroatoms. The van der Waals surface area contributed by atoms with Gasteiger partial charge in [0.2, 0.25) is 0 Å². The Bertz CT molecular complexity index is 491. The molecule has 0 aliphatic carbocycles. The maximum absolute atomic E-state index is 12.1. The standard InChI is InChI=1S/C12H17N3O4S/c1-8-10(20-7-14-8)5-13-12(18)15-2-3-19-6-9(15)4-11(16)17/h7,9H,2-6H2,1H3,(H,13,18)(H,16,17). The Kier molecular flexibility index (Phi) is 4.91. The molecule has 1 aromatic rings. The number of hydrogen-bond donors (Lipinski definition) is 2. The minimum Gasteiger partial charge on any atom is -0.481 e. The number of aliphatic carboxylic acids is 1. The van der Waals surface area contributed by atoms with Gasteiger partial charge < -0.3 is 20.1 Å². The Hall–Kier alpha value is -1.67. The van der Waals surface area contributed by atoms with Gasteiger partial charge in [0.15, 0.2) is 0 Å². The van der Waals surface area contributed by atoms with Crippen molar-refractivity contribution >= 4 is 23.3 Å². The summed E-state index contributed by atoms with van der Waals surface area (Å²) in [5.74, 6) is -0.934. The van der Waals surface area contributed by atoms with Crippen LogP contribution < -0.4 is 5.32 Å². The van der Waals surface area contributed by atoms with E-state index in [1.54, 1.807) is 5.51 Å². The van der Waals surface area contributed by atoms with Crippen LogP contribution in [0.4, 0.5) is 4.79 Å². The van der Waals surface area contributed by atoms with Crippen molar-refractivity contribution in [2.45, 2.75) is 25.9 Å². The van der Waals surface area contributed by atoms with Crippen LogP contribution in [0.2, 0.25) is 0 Å². The number of aromatic nitrogens is 1. The van der Waals surface area contributed by atoms with Crippen molar-refractivity contribution in [2.24, 2.45) is 0 Å². The molecule has 1 aliphatic heterocycles. The molecule has 0 saturated carbocycles. The van der Waals surface area contributed by atoms with Crippen molar-refractivity contribution in [1.29, 1.82) is 0 Å². The Morgan fingerprint density at radius 3 is 3.10 bits per heavy atom. The quantitative estimate of drug-likeness (QED) is 0.859. The van der Waals surface area contributed by atoms with E-state index in [-0.39, 0.29) is 19.1 Å². The zero-order chi connectivity index (χ0) is 14.5. The largest absolute Gasteiger partial charge is 0.481 e. The number of urea groups is 1. The molecule has 0 aromatic carbocycles. The number of carboxylic acids is 1. The second-order valence-corrected chi connectivity index (χ2v) is 5.48. The molecule has 1 fully saturated rings. The molecule has 0 bridgehead atoms. The molecule has 20 heavy (non-hydrogen) atoms. The molecular weight excluding hydrogens is 282 g/mol. The van der Waals surface area contributed by atoms with Gasteiger partial charge in [-0.2, -0.15) is 0 Å². The highest BCUT2D eigenvalue weighted by Gasteiger charge is 2.29. The highest BCUT2D eigenvalue weighted by Crippen LogP contribution is 2.13. The first kappa shape index (κ1) is 14.7. The summed E-state index contributed by atoms with van der Waals surface area (Å²) >= 11 is 1.49. The van der Waals surface area contributed by atoms with Crippen LogP contribution in [-0.4, -0.2) is 52.8 Å². The summed E-state index contributed by atoms with van der Waals surface area (Å²) in [6.45, 7) is 3.40. The number of aryl methyl sites for hydroxylation is 1.